The first-order valence-electron chi connectivity index (χ1n) is 8.17. The first-order valence-corrected chi connectivity index (χ1v) is 9.05. The molecule has 2 N–H and O–H groups in total. The standard InChI is InChI=1S/C18H25N3O2S.ClH/c1-4-21(18(22)16-12-24-17(20-16)9-10-19)13(2)11-14-5-7-15(23-3)8-6-14;/h5-8,12-13H,4,9-11,19H2,1-3H3;1H. The summed E-state index contributed by atoms with van der Waals surface area (Å²) >= 11 is 1.50. The van der Waals surface area contributed by atoms with Crippen molar-refractivity contribution in [3.8, 4) is 5.75 Å². The molecule has 1 heterocycles. The number of aromatic nitrogens is 1. The Bertz CT molecular complexity index is 661. The van der Waals surface area contributed by atoms with E-state index in [2.05, 4.69) is 11.9 Å². The van der Waals surface area contributed by atoms with Crippen molar-refractivity contribution in [2.45, 2.75) is 32.7 Å². The molecule has 1 aromatic carbocycles. The maximum Gasteiger partial charge on any atom is 0.273 e. The molecule has 1 amide bonds. The highest BCUT2D eigenvalue weighted by atomic mass is 35.5. The van der Waals surface area contributed by atoms with Gasteiger partial charge in [-0.15, -0.1) is 23.7 Å². The minimum absolute atomic E-state index is 0. The monoisotopic (exact) mass is 383 g/mol. The van der Waals surface area contributed by atoms with Crippen LogP contribution in [0.25, 0.3) is 0 Å². The van der Waals surface area contributed by atoms with E-state index in [1.807, 2.05) is 41.5 Å². The fraction of sp³-hybridized carbons (Fsp3) is 0.444. The van der Waals surface area contributed by atoms with Gasteiger partial charge in [-0.2, -0.15) is 0 Å². The molecule has 0 aliphatic carbocycles. The Morgan fingerprint density at radius 2 is 2.04 bits per heavy atom. The molecule has 1 unspecified atom stereocenters. The molecular formula is C18H26ClN3O2S. The number of hydrogen-bond acceptors (Lipinski definition) is 5. The van der Waals surface area contributed by atoms with Gasteiger partial charge < -0.3 is 15.4 Å². The van der Waals surface area contributed by atoms with Crippen LogP contribution in [0.1, 0.15) is 34.9 Å². The van der Waals surface area contributed by atoms with Crippen molar-refractivity contribution in [2.75, 3.05) is 20.2 Å². The molecule has 138 valence electrons. The van der Waals surface area contributed by atoms with Gasteiger partial charge in [0.1, 0.15) is 11.4 Å². The Morgan fingerprint density at radius 3 is 2.60 bits per heavy atom. The third kappa shape index (κ3) is 5.70. The molecule has 0 spiro atoms. The highest BCUT2D eigenvalue weighted by Crippen LogP contribution is 2.17. The van der Waals surface area contributed by atoms with Crippen LogP contribution in [0.4, 0.5) is 0 Å². The number of nitrogens with zero attached hydrogens (tertiary/aromatic N) is 2. The number of carbonyl (C=O) groups excluding carboxylic acids is 1. The average Bonchev–Trinajstić information content (AvgIpc) is 3.05. The maximum atomic E-state index is 12.7. The van der Waals surface area contributed by atoms with Crippen LogP contribution in [0.3, 0.4) is 0 Å². The molecule has 0 aliphatic rings. The normalized spacial score (nSPS) is 11.5. The van der Waals surface area contributed by atoms with Gasteiger partial charge >= 0.3 is 0 Å². The SMILES string of the molecule is CCN(C(=O)c1csc(CCN)n1)C(C)Cc1ccc(OC)cc1.Cl. The van der Waals surface area contributed by atoms with Crippen LogP contribution in [0.5, 0.6) is 5.75 Å². The molecule has 5 nitrogen and oxygen atoms in total. The molecule has 0 bridgehead atoms. The predicted octanol–water partition coefficient (Wildman–Crippen LogP) is 3.17. The number of amides is 1. The lowest BCUT2D eigenvalue weighted by molar-refractivity contribution is 0.0698. The summed E-state index contributed by atoms with van der Waals surface area (Å²) in [4.78, 5) is 19.0. The summed E-state index contributed by atoms with van der Waals surface area (Å²) in [5.41, 5.74) is 7.25. The molecule has 7 heteroatoms. The maximum absolute atomic E-state index is 12.7. The van der Waals surface area contributed by atoms with E-state index in [1.165, 1.54) is 16.9 Å². The quantitative estimate of drug-likeness (QED) is 0.760. The minimum Gasteiger partial charge on any atom is -0.497 e. The number of thiazole rings is 1. The molecule has 2 aromatic rings. The number of rotatable bonds is 8. The molecule has 25 heavy (non-hydrogen) atoms. The molecule has 0 saturated carbocycles. The zero-order valence-corrected chi connectivity index (χ0v) is 16.5. The number of methoxy groups -OCH3 is 1. The van der Waals surface area contributed by atoms with E-state index in [4.69, 9.17) is 10.5 Å². The second-order valence-corrected chi connectivity index (χ2v) is 6.60. The summed E-state index contributed by atoms with van der Waals surface area (Å²) in [5, 5.41) is 2.75. The van der Waals surface area contributed by atoms with E-state index >= 15 is 0 Å². The summed E-state index contributed by atoms with van der Waals surface area (Å²) < 4.78 is 5.18. The lowest BCUT2D eigenvalue weighted by Gasteiger charge is -2.27. The number of halogens is 1. The van der Waals surface area contributed by atoms with Crippen LogP contribution >= 0.6 is 23.7 Å². The van der Waals surface area contributed by atoms with Crippen molar-refractivity contribution in [3.05, 3.63) is 45.9 Å². The summed E-state index contributed by atoms with van der Waals surface area (Å²) in [7, 11) is 1.65. The van der Waals surface area contributed by atoms with E-state index in [1.54, 1.807) is 7.11 Å². The predicted molar refractivity (Wildman–Crippen MR) is 105 cm³/mol. The Kier molecular flexibility index (Phi) is 8.89. The summed E-state index contributed by atoms with van der Waals surface area (Å²) in [6, 6.07) is 8.06. The molecule has 1 aromatic heterocycles. The summed E-state index contributed by atoms with van der Waals surface area (Å²) in [5.74, 6) is 0.822. The van der Waals surface area contributed by atoms with E-state index < -0.39 is 0 Å². The zero-order valence-electron chi connectivity index (χ0n) is 14.9. The summed E-state index contributed by atoms with van der Waals surface area (Å²) in [6.45, 7) is 5.26. The van der Waals surface area contributed by atoms with Crippen molar-refractivity contribution in [1.82, 2.24) is 9.88 Å². The fourth-order valence-corrected chi connectivity index (χ4v) is 3.45. The van der Waals surface area contributed by atoms with Crippen LogP contribution in [0, 0.1) is 0 Å². The van der Waals surface area contributed by atoms with Crippen LogP contribution < -0.4 is 10.5 Å². The highest BCUT2D eigenvalue weighted by Gasteiger charge is 2.22. The molecule has 0 radical (unpaired) electrons. The van der Waals surface area contributed by atoms with Crippen molar-refractivity contribution < 1.29 is 9.53 Å². The van der Waals surface area contributed by atoms with E-state index in [0.717, 1.165) is 17.2 Å². The van der Waals surface area contributed by atoms with Crippen LogP contribution in [-0.2, 0) is 12.8 Å². The zero-order chi connectivity index (χ0) is 17.5. The van der Waals surface area contributed by atoms with Gasteiger partial charge in [0, 0.05) is 24.4 Å². The third-order valence-electron chi connectivity index (χ3n) is 3.95. The number of likely N-dealkylation sites (N-methyl/N-ethyl adjacent to an activating group) is 1. The smallest absolute Gasteiger partial charge is 0.273 e. The van der Waals surface area contributed by atoms with Crippen molar-refractivity contribution in [2.24, 2.45) is 5.73 Å². The highest BCUT2D eigenvalue weighted by molar-refractivity contribution is 7.09. The Labute approximate surface area is 159 Å². The second-order valence-electron chi connectivity index (χ2n) is 5.66. The van der Waals surface area contributed by atoms with Crippen molar-refractivity contribution in [1.29, 1.82) is 0 Å². The molecule has 1 atom stereocenters. The molecule has 2 rings (SSSR count). The first kappa shape index (κ1) is 21.4. The molecule has 0 saturated heterocycles. The lowest BCUT2D eigenvalue weighted by atomic mass is 10.1. The topological polar surface area (TPSA) is 68.5 Å². The average molecular weight is 384 g/mol. The van der Waals surface area contributed by atoms with Gasteiger partial charge in [-0.1, -0.05) is 12.1 Å². The Morgan fingerprint density at radius 1 is 1.36 bits per heavy atom. The molecular weight excluding hydrogens is 358 g/mol. The van der Waals surface area contributed by atoms with Crippen LogP contribution in [0.2, 0.25) is 0 Å². The lowest BCUT2D eigenvalue weighted by Crippen LogP contribution is -2.39. The number of ether oxygens (including phenoxy) is 1. The van der Waals surface area contributed by atoms with Gasteiger partial charge in [-0.05, 0) is 44.5 Å². The Hall–Kier alpha value is -1.63. The van der Waals surface area contributed by atoms with Crippen LogP contribution in [0.15, 0.2) is 29.6 Å². The van der Waals surface area contributed by atoms with Crippen molar-refractivity contribution >= 4 is 29.7 Å². The fourth-order valence-electron chi connectivity index (χ4n) is 2.66. The number of carbonyl (C=O) groups is 1. The van der Waals surface area contributed by atoms with Crippen LogP contribution in [-0.4, -0.2) is 42.0 Å². The van der Waals surface area contributed by atoms with Crippen molar-refractivity contribution in [3.63, 3.8) is 0 Å². The van der Waals surface area contributed by atoms with Gasteiger partial charge in [-0.25, -0.2) is 4.98 Å². The van der Waals surface area contributed by atoms with Gasteiger partial charge in [-0.3, -0.25) is 4.79 Å². The molecule has 0 aliphatic heterocycles. The number of hydrogen-bond donors (Lipinski definition) is 1. The van der Waals surface area contributed by atoms with E-state index in [9.17, 15) is 4.79 Å². The number of benzene rings is 1. The second kappa shape index (κ2) is 10.4. The Balaban J connectivity index is 0.00000312. The van der Waals surface area contributed by atoms with E-state index in [-0.39, 0.29) is 24.4 Å². The molecule has 0 fully saturated rings. The largest absolute Gasteiger partial charge is 0.497 e. The third-order valence-corrected chi connectivity index (χ3v) is 4.86. The van der Waals surface area contributed by atoms with Gasteiger partial charge in [0.05, 0.1) is 12.1 Å². The number of nitrogens with two attached hydrogens (primary N) is 1. The first-order chi connectivity index (χ1) is 11.6. The van der Waals surface area contributed by atoms with Gasteiger partial charge in [0.25, 0.3) is 5.91 Å². The van der Waals surface area contributed by atoms with E-state index in [0.29, 0.717) is 25.2 Å². The van der Waals surface area contributed by atoms with Gasteiger partial charge in [0.2, 0.25) is 0 Å². The minimum atomic E-state index is -0.0157. The van der Waals surface area contributed by atoms with Gasteiger partial charge in [0.15, 0.2) is 0 Å². The summed E-state index contributed by atoms with van der Waals surface area (Å²) in [6.07, 6.45) is 1.51.